The van der Waals surface area contributed by atoms with E-state index in [1.54, 1.807) is 18.9 Å². The zero-order valence-corrected chi connectivity index (χ0v) is 15.8. The topological polar surface area (TPSA) is 65.4 Å². The lowest BCUT2D eigenvalue weighted by Crippen LogP contribution is -2.28. The molecular weight excluding hydrogens is 409 g/mol. The van der Waals surface area contributed by atoms with E-state index in [2.05, 4.69) is 33.0 Å². The summed E-state index contributed by atoms with van der Waals surface area (Å²) in [4.78, 5) is 12.1. The summed E-state index contributed by atoms with van der Waals surface area (Å²) in [7, 11) is 3.18. The molecule has 1 aromatic heterocycles. The molecule has 6 nitrogen and oxygen atoms in total. The van der Waals surface area contributed by atoms with Gasteiger partial charge in [-0.1, -0.05) is 6.07 Å². The Labute approximate surface area is 149 Å². The summed E-state index contributed by atoms with van der Waals surface area (Å²) in [6, 6.07) is 5.57. The van der Waals surface area contributed by atoms with Crippen LogP contribution >= 0.6 is 22.6 Å². The Morgan fingerprint density at radius 1 is 1.26 bits per heavy atom. The normalized spacial score (nSPS) is 10.5. The summed E-state index contributed by atoms with van der Waals surface area (Å²) < 4.78 is 13.3. The summed E-state index contributed by atoms with van der Waals surface area (Å²) in [6.45, 7) is 4.54. The number of hydrogen-bond acceptors (Lipinski definition) is 4. The second kappa shape index (κ2) is 7.67. The minimum absolute atomic E-state index is 0.0817. The fourth-order valence-electron chi connectivity index (χ4n) is 2.21. The maximum Gasteiger partial charge on any atom is 0.242 e. The second-order valence-electron chi connectivity index (χ2n) is 5.11. The molecule has 0 saturated heterocycles. The molecule has 0 radical (unpaired) electrons. The lowest BCUT2D eigenvalue weighted by atomic mass is 10.2. The summed E-state index contributed by atoms with van der Waals surface area (Å²) in [6.07, 6.45) is 0. The van der Waals surface area contributed by atoms with Crippen LogP contribution in [0.15, 0.2) is 18.2 Å². The number of nitrogens with one attached hydrogen (secondary N) is 1. The van der Waals surface area contributed by atoms with Gasteiger partial charge in [0.25, 0.3) is 0 Å². The van der Waals surface area contributed by atoms with Gasteiger partial charge in [-0.3, -0.25) is 9.48 Å². The molecule has 0 atom stereocenters. The number of methoxy groups -OCH3 is 2. The van der Waals surface area contributed by atoms with Gasteiger partial charge < -0.3 is 14.8 Å². The van der Waals surface area contributed by atoms with Gasteiger partial charge in [-0.2, -0.15) is 5.10 Å². The van der Waals surface area contributed by atoms with E-state index in [1.165, 1.54) is 0 Å². The van der Waals surface area contributed by atoms with Gasteiger partial charge in [0.15, 0.2) is 11.5 Å². The van der Waals surface area contributed by atoms with Crippen LogP contribution in [0.2, 0.25) is 0 Å². The molecule has 0 bridgehead atoms. The molecule has 1 heterocycles. The lowest BCUT2D eigenvalue weighted by Gasteiger charge is -2.11. The number of benzene rings is 1. The Kier molecular flexibility index (Phi) is 5.86. The fourth-order valence-corrected chi connectivity index (χ4v) is 2.60. The van der Waals surface area contributed by atoms with E-state index >= 15 is 0 Å². The van der Waals surface area contributed by atoms with Crippen molar-refractivity contribution >= 4 is 28.5 Å². The third-order valence-electron chi connectivity index (χ3n) is 3.52. The third-order valence-corrected chi connectivity index (χ3v) is 5.09. The second-order valence-corrected chi connectivity index (χ2v) is 6.19. The van der Waals surface area contributed by atoms with Crippen molar-refractivity contribution in [1.29, 1.82) is 0 Å². The van der Waals surface area contributed by atoms with Crippen molar-refractivity contribution in [2.75, 3.05) is 14.2 Å². The first-order chi connectivity index (χ1) is 11.0. The predicted molar refractivity (Wildman–Crippen MR) is 95.8 cm³/mol. The first kappa shape index (κ1) is 17.6. The van der Waals surface area contributed by atoms with E-state index in [0.717, 1.165) is 20.5 Å². The first-order valence-corrected chi connectivity index (χ1v) is 8.21. The Morgan fingerprint density at radius 3 is 2.52 bits per heavy atom. The molecule has 0 fully saturated rings. The number of hydrogen-bond donors (Lipinski definition) is 1. The predicted octanol–water partition coefficient (Wildman–Crippen LogP) is 2.44. The van der Waals surface area contributed by atoms with E-state index in [9.17, 15) is 4.79 Å². The van der Waals surface area contributed by atoms with E-state index in [-0.39, 0.29) is 12.5 Å². The number of ether oxygens (including phenoxy) is 2. The molecule has 0 aliphatic carbocycles. The van der Waals surface area contributed by atoms with Crippen LogP contribution in [-0.2, 0) is 17.9 Å². The molecule has 23 heavy (non-hydrogen) atoms. The molecule has 1 amide bonds. The number of nitrogens with zero attached hydrogens (tertiary/aromatic N) is 2. The Bertz CT molecular complexity index is 713. The van der Waals surface area contributed by atoms with E-state index in [4.69, 9.17) is 9.47 Å². The molecule has 2 aromatic rings. The highest BCUT2D eigenvalue weighted by atomic mass is 127. The SMILES string of the molecule is COc1ccc(CNC(=O)Cn2nc(C)c(I)c2C)cc1OC. The van der Waals surface area contributed by atoms with Crippen molar-refractivity contribution in [3.05, 3.63) is 38.7 Å². The summed E-state index contributed by atoms with van der Waals surface area (Å²) in [5.41, 5.74) is 2.89. The van der Waals surface area contributed by atoms with Crippen molar-refractivity contribution < 1.29 is 14.3 Å². The van der Waals surface area contributed by atoms with Crippen LogP contribution in [-0.4, -0.2) is 29.9 Å². The minimum Gasteiger partial charge on any atom is -0.493 e. The maximum atomic E-state index is 12.1. The average Bonchev–Trinajstić information content (AvgIpc) is 2.79. The summed E-state index contributed by atoms with van der Waals surface area (Å²) in [5, 5.41) is 7.26. The standard InChI is InChI=1S/C16H20IN3O3/c1-10-16(17)11(2)20(19-10)9-15(21)18-8-12-5-6-13(22-3)14(7-12)23-4/h5-7H,8-9H2,1-4H3,(H,18,21). The highest BCUT2D eigenvalue weighted by Crippen LogP contribution is 2.27. The van der Waals surface area contributed by atoms with Gasteiger partial charge in [-0.15, -0.1) is 0 Å². The van der Waals surface area contributed by atoms with Crippen LogP contribution in [0.3, 0.4) is 0 Å². The van der Waals surface area contributed by atoms with Crippen molar-refractivity contribution in [2.24, 2.45) is 0 Å². The van der Waals surface area contributed by atoms with Gasteiger partial charge in [-0.05, 0) is 54.1 Å². The molecule has 1 N–H and O–H groups in total. The van der Waals surface area contributed by atoms with Crippen molar-refractivity contribution in [3.63, 3.8) is 0 Å². The van der Waals surface area contributed by atoms with Crippen LogP contribution < -0.4 is 14.8 Å². The summed E-state index contributed by atoms with van der Waals surface area (Å²) >= 11 is 2.24. The highest BCUT2D eigenvalue weighted by Gasteiger charge is 2.12. The van der Waals surface area contributed by atoms with Gasteiger partial charge in [0.1, 0.15) is 6.54 Å². The molecule has 124 valence electrons. The number of carbonyl (C=O) groups excluding carboxylic acids is 1. The fraction of sp³-hybridized carbons (Fsp3) is 0.375. The quantitative estimate of drug-likeness (QED) is 0.717. The molecule has 0 unspecified atom stereocenters. The molecule has 7 heteroatoms. The van der Waals surface area contributed by atoms with Crippen LogP contribution in [0.5, 0.6) is 11.5 Å². The molecule has 0 spiro atoms. The van der Waals surface area contributed by atoms with Crippen LogP contribution in [0.25, 0.3) is 0 Å². The third kappa shape index (κ3) is 4.15. The Morgan fingerprint density at radius 2 is 1.96 bits per heavy atom. The van der Waals surface area contributed by atoms with Crippen molar-refractivity contribution in [3.8, 4) is 11.5 Å². The van der Waals surface area contributed by atoms with Crippen LogP contribution in [0.1, 0.15) is 17.0 Å². The van der Waals surface area contributed by atoms with Gasteiger partial charge in [0, 0.05) is 12.2 Å². The van der Waals surface area contributed by atoms with Gasteiger partial charge in [0.05, 0.1) is 23.5 Å². The van der Waals surface area contributed by atoms with Crippen molar-refractivity contribution in [2.45, 2.75) is 26.9 Å². The molecule has 2 rings (SSSR count). The Hall–Kier alpha value is -1.77. The lowest BCUT2D eigenvalue weighted by molar-refractivity contribution is -0.122. The number of amides is 1. The van der Waals surface area contributed by atoms with Gasteiger partial charge >= 0.3 is 0 Å². The number of carbonyl (C=O) groups is 1. The van der Waals surface area contributed by atoms with E-state index in [1.807, 2.05) is 32.0 Å². The van der Waals surface area contributed by atoms with E-state index in [0.29, 0.717) is 18.0 Å². The molecule has 0 aliphatic heterocycles. The molecular formula is C16H20IN3O3. The molecule has 1 aromatic carbocycles. The zero-order valence-electron chi connectivity index (χ0n) is 13.6. The monoisotopic (exact) mass is 429 g/mol. The van der Waals surface area contributed by atoms with E-state index < -0.39 is 0 Å². The molecule has 0 aliphatic rings. The first-order valence-electron chi connectivity index (χ1n) is 7.13. The Balaban J connectivity index is 1.98. The maximum absolute atomic E-state index is 12.1. The number of aryl methyl sites for hydroxylation is 1. The number of aromatic nitrogens is 2. The largest absolute Gasteiger partial charge is 0.493 e. The molecule has 0 saturated carbocycles. The van der Waals surface area contributed by atoms with Crippen molar-refractivity contribution in [1.82, 2.24) is 15.1 Å². The number of rotatable bonds is 6. The minimum atomic E-state index is -0.0817. The smallest absolute Gasteiger partial charge is 0.242 e. The van der Waals surface area contributed by atoms with Gasteiger partial charge in [-0.25, -0.2) is 0 Å². The highest BCUT2D eigenvalue weighted by molar-refractivity contribution is 14.1. The van der Waals surface area contributed by atoms with Crippen LogP contribution in [0.4, 0.5) is 0 Å². The zero-order chi connectivity index (χ0) is 17.0. The average molecular weight is 429 g/mol. The van der Waals surface area contributed by atoms with Gasteiger partial charge in [0.2, 0.25) is 5.91 Å². The summed E-state index contributed by atoms with van der Waals surface area (Å²) in [5.74, 6) is 1.23. The van der Waals surface area contributed by atoms with Crippen LogP contribution in [0, 0.1) is 17.4 Å². The number of halogens is 1.